The van der Waals surface area contributed by atoms with Crippen LogP contribution in [0.1, 0.15) is 91.0 Å². The summed E-state index contributed by atoms with van der Waals surface area (Å²) in [6.07, 6.45) is -5.10. The molecule has 0 saturated carbocycles. The second-order valence-electron chi connectivity index (χ2n) is 19.7. The van der Waals surface area contributed by atoms with Gasteiger partial charge in [0, 0.05) is 19.4 Å². The molecular formula is C51H71N11O23. The standard InChI is InChI=1S/C51H71N11O23/c1-5-23(2)41(49(82)60-32(20-40(73)74)47(80)56-25(4)50(83)62-15-9-12-33(62)42(75)27(51(84)85)13-14-36(65)66)61-43(76)24(3)55-46(79)29(16-26-10-7-6-8-11-26)59-48(81)31(19-39(71)72)58-35(64)22-54-45(78)30(18-38(69)70)57-34(63)21-53-44(77)28(52)17-37(67)68/h6-8,10-11,23-25,27-33,41H,5,9,12-22,52H2,1-4H3,(H,53,77)(H,54,78)(H,55,79)(H,56,80)(H,57,63)(H,58,64)(H,59,81)(H,60,82)(H,61,76)(H,65,66)(H,67,68)(H,69,70)(H,71,72)(H,73,74)(H,84,85)/t23-,24-,25-,27+,28-,29-,30-,31-,32-,33-,41-/m0/s1. The summed E-state index contributed by atoms with van der Waals surface area (Å²) in [5.74, 6) is -24.0. The van der Waals surface area contributed by atoms with Gasteiger partial charge in [-0.15, -0.1) is 0 Å². The van der Waals surface area contributed by atoms with Gasteiger partial charge in [0.1, 0.15) is 48.2 Å². The summed E-state index contributed by atoms with van der Waals surface area (Å²) in [7, 11) is 0. The minimum Gasteiger partial charge on any atom is -0.481 e. The number of carboxylic acids is 6. The van der Waals surface area contributed by atoms with Crippen LogP contribution in [0.2, 0.25) is 0 Å². The van der Waals surface area contributed by atoms with Gasteiger partial charge in [0.05, 0.1) is 50.9 Å². The molecule has 0 aliphatic carbocycles. The second kappa shape index (κ2) is 34.7. The summed E-state index contributed by atoms with van der Waals surface area (Å²) in [6.45, 7) is 3.49. The third kappa shape index (κ3) is 24.8. The zero-order valence-electron chi connectivity index (χ0n) is 46.6. The molecule has 1 heterocycles. The summed E-state index contributed by atoms with van der Waals surface area (Å²) in [5, 5.41) is 75.9. The number of carboxylic acid groups (broad SMARTS) is 6. The number of Topliss-reactive ketones (excluding diaryl/α,β-unsaturated/α-hetero) is 1. The Morgan fingerprint density at radius 2 is 1.01 bits per heavy atom. The van der Waals surface area contributed by atoms with Crippen molar-refractivity contribution in [3.63, 3.8) is 0 Å². The summed E-state index contributed by atoms with van der Waals surface area (Å²) >= 11 is 0. The van der Waals surface area contributed by atoms with Gasteiger partial charge in [-0.1, -0.05) is 50.6 Å². The van der Waals surface area contributed by atoms with Crippen molar-refractivity contribution in [1.82, 2.24) is 52.8 Å². The number of ketones is 1. The molecule has 468 valence electrons. The van der Waals surface area contributed by atoms with Crippen molar-refractivity contribution < 1.29 is 112 Å². The highest BCUT2D eigenvalue weighted by atomic mass is 16.4. The van der Waals surface area contributed by atoms with Gasteiger partial charge in [-0.3, -0.25) is 81.5 Å². The van der Waals surface area contributed by atoms with E-state index in [9.17, 15) is 102 Å². The lowest BCUT2D eigenvalue weighted by Crippen LogP contribution is -2.61. The number of hydrogen-bond acceptors (Lipinski definition) is 18. The molecule has 0 aromatic heterocycles. The smallest absolute Gasteiger partial charge is 0.314 e. The van der Waals surface area contributed by atoms with E-state index in [1.165, 1.54) is 20.8 Å². The predicted molar refractivity (Wildman–Crippen MR) is 285 cm³/mol. The largest absolute Gasteiger partial charge is 0.481 e. The zero-order valence-corrected chi connectivity index (χ0v) is 46.6. The van der Waals surface area contributed by atoms with Gasteiger partial charge in [0.15, 0.2) is 5.78 Å². The summed E-state index contributed by atoms with van der Waals surface area (Å²) in [6, 6.07) is -6.98. The van der Waals surface area contributed by atoms with Crippen LogP contribution < -0.4 is 53.6 Å². The molecule has 1 aliphatic rings. The Balaban J connectivity index is 2.25. The molecule has 17 N–H and O–H groups in total. The minimum absolute atomic E-state index is 0.0277. The fraction of sp³-hybridized carbons (Fsp3) is 0.549. The number of nitrogens with one attached hydrogen (secondary N) is 9. The lowest BCUT2D eigenvalue weighted by Gasteiger charge is -2.30. The van der Waals surface area contributed by atoms with E-state index < -0.39 is 218 Å². The van der Waals surface area contributed by atoms with Gasteiger partial charge in [-0.05, 0) is 44.6 Å². The van der Waals surface area contributed by atoms with Crippen LogP contribution in [0.25, 0.3) is 0 Å². The topological polar surface area (TPSA) is 549 Å². The van der Waals surface area contributed by atoms with E-state index >= 15 is 0 Å². The molecule has 1 aromatic rings. The molecule has 10 amide bonds. The maximum atomic E-state index is 14.0. The minimum atomic E-state index is -1.98. The molecule has 1 aromatic carbocycles. The SMILES string of the molecule is CC[C@H](C)[C@H](NC(=O)[C@H](C)NC(=O)[C@H](Cc1ccccc1)NC(=O)[C@H](CC(=O)O)NC(=O)CNC(=O)[C@H](CC(=O)O)NC(=O)CNC(=O)[C@@H](N)CC(=O)O)C(=O)N[C@@H](CC(=O)O)C(=O)N[C@@H](C)C(=O)N1CCC[C@H]1C(=O)[C@@H](CCC(=O)O)C(=O)O. The van der Waals surface area contributed by atoms with Gasteiger partial charge in [0.25, 0.3) is 0 Å². The van der Waals surface area contributed by atoms with E-state index in [1.54, 1.807) is 37.3 Å². The summed E-state index contributed by atoms with van der Waals surface area (Å²) in [4.78, 5) is 216. The Kier molecular flexibility index (Phi) is 29.2. The molecule has 0 spiro atoms. The molecule has 11 atom stereocenters. The lowest BCUT2D eigenvalue weighted by atomic mass is 9.92. The van der Waals surface area contributed by atoms with Crippen LogP contribution in [-0.4, -0.2) is 210 Å². The van der Waals surface area contributed by atoms with Crippen LogP contribution in [0.4, 0.5) is 0 Å². The average Bonchev–Trinajstić information content (AvgIpc) is 4.21. The van der Waals surface area contributed by atoms with E-state index in [-0.39, 0.29) is 32.2 Å². The monoisotopic (exact) mass is 1210 g/mol. The van der Waals surface area contributed by atoms with Crippen LogP contribution in [0.5, 0.6) is 0 Å². The van der Waals surface area contributed by atoms with Crippen molar-refractivity contribution in [2.75, 3.05) is 19.6 Å². The third-order valence-corrected chi connectivity index (χ3v) is 13.0. The van der Waals surface area contributed by atoms with E-state index in [0.717, 1.165) is 4.90 Å². The number of nitrogens with zero attached hydrogens (tertiary/aromatic N) is 1. The molecule has 1 fully saturated rings. The van der Waals surface area contributed by atoms with Crippen LogP contribution in [0.15, 0.2) is 30.3 Å². The van der Waals surface area contributed by atoms with Gasteiger partial charge in [-0.2, -0.15) is 0 Å². The number of likely N-dealkylation sites (tertiary alicyclic amines) is 1. The van der Waals surface area contributed by atoms with Gasteiger partial charge in [-0.25, -0.2) is 0 Å². The molecule has 1 saturated heterocycles. The number of nitrogens with two attached hydrogens (primary N) is 1. The Labute approximate surface area is 483 Å². The number of aliphatic carboxylic acids is 6. The fourth-order valence-corrected chi connectivity index (χ4v) is 8.30. The Bertz CT molecular complexity index is 2690. The van der Waals surface area contributed by atoms with Crippen molar-refractivity contribution in [3.05, 3.63) is 35.9 Å². The first kappa shape index (κ1) is 71.5. The summed E-state index contributed by atoms with van der Waals surface area (Å²) in [5.41, 5.74) is 5.83. The van der Waals surface area contributed by atoms with Gasteiger partial charge >= 0.3 is 35.8 Å². The van der Waals surface area contributed by atoms with Crippen LogP contribution in [0.3, 0.4) is 0 Å². The molecule has 2 rings (SSSR count). The molecule has 0 unspecified atom stereocenters. The second-order valence-corrected chi connectivity index (χ2v) is 19.7. The van der Waals surface area contributed by atoms with Crippen molar-refractivity contribution in [3.8, 4) is 0 Å². The number of hydrogen-bond donors (Lipinski definition) is 16. The lowest BCUT2D eigenvalue weighted by molar-refractivity contribution is -0.151. The van der Waals surface area contributed by atoms with E-state index in [4.69, 9.17) is 15.9 Å². The first-order valence-electron chi connectivity index (χ1n) is 26.4. The zero-order chi connectivity index (χ0) is 64.4. The normalized spacial score (nSPS) is 16.2. The molecule has 1 aliphatic heterocycles. The number of carbonyl (C=O) groups is 17. The fourth-order valence-electron chi connectivity index (χ4n) is 8.30. The van der Waals surface area contributed by atoms with Crippen LogP contribution in [-0.2, 0) is 87.9 Å². The van der Waals surface area contributed by atoms with Gasteiger partial charge < -0.3 is 89.1 Å². The predicted octanol–water partition coefficient (Wildman–Crippen LogP) is -5.71. The number of amides is 10. The van der Waals surface area contributed by atoms with Crippen molar-refractivity contribution >= 4 is 101 Å². The number of carbonyl (C=O) groups excluding carboxylic acids is 11. The van der Waals surface area contributed by atoms with E-state index in [0.29, 0.717) is 5.56 Å². The van der Waals surface area contributed by atoms with Crippen LogP contribution >= 0.6 is 0 Å². The van der Waals surface area contributed by atoms with Crippen LogP contribution in [0, 0.1) is 11.8 Å². The highest BCUT2D eigenvalue weighted by Crippen LogP contribution is 2.24. The molecular weight excluding hydrogens is 1130 g/mol. The third-order valence-electron chi connectivity index (χ3n) is 13.0. The molecule has 85 heavy (non-hydrogen) atoms. The molecule has 0 bridgehead atoms. The van der Waals surface area contributed by atoms with E-state index in [1.807, 2.05) is 16.0 Å². The number of benzene rings is 1. The molecule has 34 nitrogen and oxygen atoms in total. The maximum Gasteiger partial charge on any atom is 0.314 e. The van der Waals surface area contributed by atoms with Crippen molar-refractivity contribution in [2.45, 2.75) is 146 Å². The summed E-state index contributed by atoms with van der Waals surface area (Å²) < 4.78 is 0. The average molecular weight is 1210 g/mol. The quantitative estimate of drug-likeness (QED) is 0.0276. The Morgan fingerprint density at radius 1 is 0.541 bits per heavy atom. The first-order valence-corrected chi connectivity index (χ1v) is 26.4. The highest BCUT2D eigenvalue weighted by Gasteiger charge is 2.42. The molecule has 0 radical (unpaired) electrons. The molecule has 34 heteroatoms. The van der Waals surface area contributed by atoms with Gasteiger partial charge in [0.2, 0.25) is 59.1 Å². The maximum absolute atomic E-state index is 14.0. The van der Waals surface area contributed by atoms with Crippen molar-refractivity contribution in [1.29, 1.82) is 0 Å². The highest BCUT2D eigenvalue weighted by molar-refractivity contribution is 6.04. The Morgan fingerprint density at radius 3 is 1.52 bits per heavy atom. The van der Waals surface area contributed by atoms with E-state index in [2.05, 4.69) is 31.9 Å². The number of rotatable bonds is 37. The first-order chi connectivity index (χ1) is 39.8. The van der Waals surface area contributed by atoms with Crippen molar-refractivity contribution in [2.24, 2.45) is 17.6 Å². The Hall–Kier alpha value is -9.63.